The predicted octanol–water partition coefficient (Wildman–Crippen LogP) is 3.81. The fourth-order valence-corrected chi connectivity index (χ4v) is 4.58. The Balaban J connectivity index is 1.90. The molecule has 1 amide bonds. The summed E-state index contributed by atoms with van der Waals surface area (Å²) in [5.41, 5.74) is 2.69. The number of anilines is 1. The zero-order valence-electron chi connectivity index (χ0n) is 18.3. The van der Waals surface area contributed by atoms with E-state index in [2.05, 4.69) is 13.8 Å². The predicted molar refractivity (Wildman–Crippen MR) is 119 cm³/mol. The van der Waals surface area contributed by atoms with E-state index in [0.717, 1.165) is 16.9 Å². The molecule has 0 aliphatic carbocycles. The van der Waals surface area contributed by atoms with Crippen LogP contribution in [-0.4, -0.2) is 45.4 Å². The van der Waals surface area contributed by atoms with Gasteiger partial charge in [0.1, 0.15) is 5.75 Å². The van der Waals surface area contributed by atoms with Gasteiger partial charge in [0, 0.05) is 26.3 Å². The van der Waals surface area contributed by atoms with E-state index in [1.165, 1.54) is 18.4 Å². The number of rotatable bonds is 7. The topological polar surface area (TPSA) is 66.9 Å². The van der Waals surface area contributed by atoms with Gasteiger partial charge in [-0.05, 0) is 48.1 Å². The van der Waals surface area contributed by atoms with Crippen LogP contribution in [0.5, 0.6) is 5.75 Å². The summed E-state index contributed by atoms with van der Waals surface area (Å²) in [6.45, 7) is 6.62. The van der Waals surface area contributed by atoms with Gasteiger partial charge >= 0.3 is 0 Å². The van der Waals surface area contributed by atoms with Crippen LogP contribution in [0.25, 0.3) is 0 Å². The first-order valence-electron chi connectivity index (χ1n) is 10.3. The number of amides is 1. The molecule has 0 saturated carbocycles. The number of para-hydroxylation sites is 1. The second kappa shape index (κ2) is 8.78. The number of carbonyl (C=O) groups is 1. The van der Waals surface area contributed by atoms with Crippen LogP contribution in [0.1, 0.15) is 44.2 Å². The largest absolute Gasteiger partial charge is 0.480 e. The summed E-state index contributed by atoms with van der Waals surface area (Å²) in [6, 6.07) is 12.8. The van der Waals surface area contributed by atoms with E-state index in [-0.39, 0.29) is 16.7 Å². The monoisotopic (exact) mass is 430 g/mol. The van der Waals surface area contributed by atoms with Gasteiger partial charge in [-0.15, -0.1) is 0 Å². The lowest BCUT2D eigenvalue weighted by molar-refractivity contribution is -0.125. The van der Waals surface area contributed by atoms with Gasteiger partial charge in [0.15, 0.2) is 6.10 Å². The lowest BCUT2D eigenvalue weighted by atomic mass is 10.0. The summed E-state index contributed by atoms with van der Waals surface area (Å²) in [7, 11) is -0.576. The molecule has 6 nitrogen and oxygen atoms in total. The molecule has 2 aromatic rings. The highest BCUT2D eigenvalue weighted by Crippen LogP contribution is 2.33. The maximum atomic E-state index is 13.4. The smallest absolute Gasteiger partial charge is 0.268 e. The van der Waals surface area contributed by atoms with E-state index in [0.29, 0.717) is 25.1 Å². The van der Waals surface area contributed by atoms with Crippen molar-refractivity contribution in [3.8, 4) is 5.75 Å². The number of hydrogen-bond acceptors (Lipinski definition) is 4. The maximum Gasteiger partial charge on any atom is 0.268 e. The first kappa shape index (κ1) is 22.3. The Labute approximate surface area is 179 Å². The van der Waals surface area contributed by atoms with Crippen LogP contribution < -0.4 is 9.64 Å². The minimum atomic E-state index is -3.57. The van der Waals surface area contributed by atoms with Crippen LogP contribution in [0, 0.1) is 0 Å². The third-order valence-electron chi connectivity index (χ3n) is 5.45. The van der Waals surface area contributed by atoms with Crippen molar-refractivity contribution in [3.05, 3.63) is 53.6 Å². The molecule has 0 bridgehead atoms. The Morgan fingerprint density at radius 3 is 2.50 bits per heavy atom. The lowest BCUT2D eigenvalue weighted by Gasteiger charge is -2.26. The number of ether oxygens (including phenoxy) is 1. The minimum Gasteiger partial charge on any atom is -0.480 e. The molecule has 2 aromatic carbocycles. The van der Waals surface area contributed by atoms with Crippen molar-refractivity contribution >= 4 is 21.6 Å². The molecule has 1 heterocycles. The van der Waals surface area contributed by atoms with Crippen LogP contribution in [0.4, 0.5) is 5.69 Å². The lowest BCUT2D eigenvalue weighted by Crippen LogP contribution is -2.41. The van der Waals surface area contributed by atoms with Gasteiger partial charge in [-0.1, -0.05) is 45.0 Å². The summed E-state index contributed by atoms with van der Waals surface area (Å²) < 4.78 is 32.4. The average molecular weight is 431 g/mol. The molecule has 0 aromatic heterocycles. The van der Waals surface area contributed by atoms with Gasteiger partial charge in [0.25, 0.3) is 5.91 Å². The summed E-state index contributed by atoms with van der Waals surface area (Å²) >= 11 is 0. The molecule has 1 aliphatic rings. The Kier molecular flexibility index (Phi) is 6.53. The summed E-state index contributed by atoms with van der Waals surface area (Å²) in [5, 5.41) is 0. The van der Waals surface area contributed by atoms with Gasteiger partial charge in [0.05, 0.1) is 4.90 Å². The molecule has 0 N–H and O–H groups in total. The van der Waals surface area contributed by atoms with Crippen LogP contribution in [0.15, 0.2) is 47.4 Å². The highest BCUT2D eigenvalue weighted by atomic mass is 32.2. The van der Waals surface area contributed by atoms with E-state index >= 15 is 0 Å². The first-order valence-corrected chi connectivity index (χ1v) is 11.7. The van der Waals surface area contributed by atoms with Gasteiger partial charge in [-0.25, -0.2) is 12.7 Å². The van der Waals surface area contributed by atoms with Crippen molar-refractivity contribution in [1.29, 1.82) is 0 Å². The van der Waals surface area contributed by atoms with Crippen molar-refractivity contribution in [3.63, 3.8) is 0 Å². The minimum absolute atomic E-state index is 0.144. The van der Waals surface area contributed by atoms with Crippen molar-refractivity contribution in [2.24, 2.45) is 0 Å². The standard InChI is InChI=1S/C23H30N2O4S/c1-6-21(29-22-10-8-7-9-19(22)16(2)3)23(26)25-14-13-17-11-12-18(15-20(17)25)30(27,28)24(4)5/h7-12,15-16,21H,6,13-14H2,1-5H3. The van der Waals surface area contributed by atoms with Crippen LogP contribution in [0.3, 0.4) is 0 Å². The molecule has 3 rings (SSSR count). The number of benzene rings is 2. The third kappa shape index (κ3) is 4.23. The quantitative estimate of drug-likeness (QED) is 0.670. The van der Waals surface area contributed by atoms with Crippen molar-refractivity contribution in [2.75, 3.05) is 25.5 Å². The molecule has 7 heteroatoms. The molecule has 162 valence electrons. The van der Waals surface area contributed by atoms with Gasteiger partial charge < -0.3 is 9.64 Å². The molecule has 0 spiro atoms. The maximum absolute atomic E-state index is 13.4. The summed E-state index contributed by atoms with van der Waals surface area (Å²) in [4.78, 5) is 15.2. The molecule has 1 atom stereocenters. The molecule has 0 saturated heterocycles. The summed E-state index contributed by atoms with van der Waals surface area (Å²) in [5.74, 6) is 0.852. The fraction of sp³-hybridized carbons (Fsp3) is 0.435. The zero-order valence-corrected chi connectivity index (χ0v) is 19.1. The Morgan fingerprint density at radius 1 is 1.17 bits per heavy atom. The number of fused-ring (bicyclic) bond motifs is 1. The average Bonchev–Trinajstić information content (AvgIpc) is 3.14. The normalized spacial score (nSPS) is 14.8. The first-order chi connectivity index (χ1) is 14.2. The molecule has 30 heavy (non-hydrogen) atoms. The molecule has 0 radical (unpaired) electrons. The molecule has 0 fully saturated rings. The molecular weight excluding hydrogens is 400 g/mol. The SMILES string of the molecule is CCC(Oc1ccccc1C(C)C)C(=O)N1CCc2ccc(S(=O)(=O)N(C)C)cc21. The van der Waals surface area contributed by atoms with E-state index in [4.69, 9.17) is 4.74 Å². The zero-order chi connectivity index (χ0) is 22.1. The Hall–Kier alpha value is -2.38. The highest BCUT2D eigenvalue weighted by molar-refractivity contribution is 7.89. The van der Waals surface area contributed by atoms with E-state index in [1.807, 2.05) is 31.2 Å². The number of sulfonamides is 1. The second-order valence-electron chi connectivity index (χ2n) is 8.03. The number of hydrogen-bond donors (Lipinski definition) is 0. The Bertz CT molecular complexity index is 1030. The second-order valence-corrected chi connectivity index (χ2v) is 10.2. The van der Waals surface area contributed by atoms with Crippen molar-refractivity contribution in [2.45, 2.75) is 50.5 Å². The molecule has 1 aliphatic heterocycles. The number of carbonyl (C=O) groups excluding carboxylic acids is 1. The van der Waals surface area contributed by atoms with Crippen molar-refractivity contribution in [1.82, 2.24) is 4.31 Å². The Morgan fingerprint density at radius 2 is 1.87 bits per heavy atom. The van der Waals surface area contributed by atoms with Gasteiger partial charge in [-0.3, -0.25) is 4.79 Å². The third-order valence-corrected chi connectivity index (χ3v) is 7.26. The summed E-state index contributed by atoms with van der Waals surface area (Å²) in [6.07, 6.45) is 0.583. The van der Waals surface area contributed by atoms with Gasteiger partial charge in [0.2, 0.25) is 10.0 Å². The van der Waals surface area contributed by atoms with Gasteiger partial charge in [-0.2, -0.15) is 0 Å². The van der Waals surface area contributed by atoms with E-state index in [9.17, 15) is 13.2 Å². The number of nitrogens with zero attached hydrogens (tertiary/aromatic N) is 2. The van der Waals surface area contributed by atoms with Crippen LogP contribution in [0.2, 0.25) is 0 Å². The molecular formula is C23H30N2O4S. The molecule has 1 unspecified atom stereocenters. The fourth-order valence-electron chi connectivity index (χ4n) is 3.66. The van der Waals surface area contributed by atoms with Crippen molar-refractivity contribution < 1.29 is 17.9 Å². The van der Waals surface area contributed by atoms with E-state index < -0.39 is 16.1 Å². The highest BCUT2D eigenvalue weighted by Gasteiger charge is 2.32. The van der Waals surface area contributed by atoms with Crippen LogP contribution >= 0.6 is 0 Å². The van der Waals surface area contributed by atoms with E-state index in [1.54, 1.807) is 23.1 Å². The van der Waals surface area contributed by atoms with Crippen LogP contribution in [-0.2, 0) is 21.2 Å².